The van der Waals surface area contributed by atoms with Gasteiger partial charge in [-0.25, -0.2) is 0 Å². The van der Waals surface area contributed by atoms with E-state index in [2.05, 4.69) is 24.3 Å². The van der Waals surface area contributed by atoms with E-state index in [9.17, 15) is 4.79 Å². The van der Waals surface area contributed by atoms with E-state index in [1.165, 1.54) is 37.7 Å². The third-order valence-corrected chi connectivity index (χ3v) is 6.38. The lowest BCUT2D eigenvalue weighted by Gasteiger charge is -2.33. The van der Waals surface area contributed by atoms with Crippen molar-refractivity contribution in [2.45, 2.75) is 70.6 Å². The zero-order valence-electron chi connectivity index (χ0n) is 15.5. The predicted molar refractivity (Wildman–Crippen MR) is 100 cm³/mol. The zero-order chi connectivity index (χ0) is 17.7. The van der Waals surface area contributed by atoms with Gasteiger partial charge in [0, 0.05) is 0 Å². The lowest BCUT2D eigenvalue weighted by molar-refractivity contribution is -0.149. The number of carbonyl (C=O) groups excluding carboxylic acids is 1. The third kappa shape index (κ3) is 4.33. The summed E-state index contributed by atoms with van der Waals surface area (Å²) < 4.78 is 5.16. The van der Waals surface area contributed by atoms with E-state index in [-0.39, 0.29) is 17.8 Å². The van der Waals surface area contributed by atoms with Gasteiger partial charge in [-0.2, -0.15) is 0 Å². The molecule has 0 radical (unpaired) electrons. The minimum absolute atomic E-state index is 0.0150. The van der Waals surface area contributed by atoms with E-state index >= 15 is 0 Å². The molecule has 0 heterocycles. The second kappa shape index (κ2) is 8.38. The topological polar surface area (TPSA) is 26.3 Å². The Kier molecular flexibility index (Phi) is 6.74. The molecule has 1 fully saturated rings. The molecule has 24 heavy (non-hydrogen) atoms. The van der Waals surface area contributed by atoms with Gasteiger partial charge < -0.3 is 4.74 Å². The molecule has 0 spiro atoms. The van der Waals surface area contributed by atoms with Crippen molar-refractivity contribution in [3.05, 3.63) is 35.4 Å². The highest BCUT2D eigenvalue weighted by molar-refractivity contribution is 6.24. The van der Waals surface area contributed by atoms with Crippen LogP contribution in [0.3, 0.4) is 0 Å². The maximum absolute atomic E-state index is 12.0. The summed E-state index contributed by atoms with van der Waals surface area (Å²) in [7, 11) is 0. The maximum Gasteiger partial charge on any atom is 0.308 e. The zero-order valence-corrected chi connectivity index (χ0v) is 16.2. The number of esters is 1. The molecule has 0 aliphatic heterocycles. The molecular formula is C21H31ClO2. The number of halogens is 1. The SMILES string of the molecule is CCOC(=O)C(C)C(C)C(C)(Cl)c1ccc(C2CCCCC2)cc1. The summed E-state index contributed by atoms with van der Waals surface area (Å²) in [6, 6.07) is 8.75. The molecule has 2 rings (SSSR count). The molecule has 0 saturated heterocycles. The Bertz CT molecular complexity index is 529. The summed E-state index contributed by atoms with van der Waals surface area (Å²) in [6.07, 6.45) is 6.65. The Hall–Kier alpha value is -1.02. The van der Waals surface area contributed by atoms with Gasteiger partial charge in [0.25, 0.3) is 0 Å². The molecule has 3 heteroatoms. The molecule has 2 nitrogen and oxygen atoms in total. The Morgan fingerprint density at radius 3 is 2.33 bits per heavy atom. The van der Waals surface area contributed by atoms with Gasteiger partial charge in [-0.3, -0.25) is 4.79 Å². The lowest BCUT2D eigenvalue weighted by atomic mass is 9.79. The fraction of sp³-hybridized carbons (Fsp3) is 0.667. The number of carbonyl (C=O) groups is 1. The van der Waals surface area contributed by atoms with E-state index in [1.807, 2.05) is 27.7 Å². The summed E-state index contributed by atoms with van der Waals surface area (Å²) in [5.74, 6) is 0.283. The second-order valence-corrected chi connectivity index (χ2v) is 8.15. The van der Waals surface area contributed by atoms with Gasteiger partial charge in [0.2, 0.25) is 0 Å². The second-order valence-electron chi connectivity index (χ2n) is 7.36. The highest BCUT2D eigenvalue weighted by Crippen LogP contribution is 2.41. The summed E-state index contributed by atoms with van der Waals surface area (Å²) >= 11 is 6.88. The van der Waals surface area contributed by atoms with E-state index in [4.69, 9.17) is 16.3 Å². The lowest BCUT2D eigenvalue weighted by Crippen LogP contribution is -2.33. The van der Waals surface area contributed by atoms with Crippen molar-refractivity contribution in [2.75, 3.05) is 6.61 Å². The van der Waals surface area contributed by atoms with Crippen molar-refractivity contribution in [2.24, 2.45) is 11.8 Å². The van der Waals surface area contributed by atoms with E-state index in [0.717, 1.165) is 5.56 Å². The van der Waals surface area contributed by atoms with Gasteiger partial charge in [0.05, 0.1) is 17.4 Å². The number of hydrogen-bond donors (Lipinski definition) is 0. The Morgan fingerprint density at radius 1 is 1.21 bits per heavy atom. The average molecular weight is 351 g/mol. The maximum atomic E-state index is 12.0. The van der Waals surface area contributed by atoms with Gasteiger partial charge in [0.1, 0.15) is 0 Å². The van der Waals surface area contributed by atoms with Crippen LogP contribution in [0.15, 0.2) is 24.3 Å². The van der Waals surface area contributed by atoms with Crippen LogP contribution in [0, 0.1) is 11.8 Å². The van der Waals surface area contributed by atoms with Crippen LogP contribution < -0.4 is 0 Å². The van der Waals surface area contributed by atoms with E-state index < -0.39 is 4.87 Å². The fourth-order valence-electron chi connectivity index (χ4n) is 3.73. The molecule has 0 bridgehead atoms. The highest BCUT2D eigenvalue weighted by Gasteiger charge is 2.37. The fourth-order valence-corrected chi connectivity index (χ4v) is 4.04. The molecule has 0 N–H and O–H groups in total. The number of alkyl halides is 1. The number of benzene rings is 1. The van der Waals surface area contributed by atoms with Crippen LogP contribution in [-0.4, -0.2) is 12.6 Å². The van der Waals surface area contributed by atoms with Crippen LogP contribution in [0.5, 0.6) is 0 Å². The van der Waals surface area contributed by atoms with Crippen LogP contribution in [0.1, 0.15) is 76.8 Å². The molecule has 1 aromatic carbocycles. The summed E-state index contributed by atoms with van der Waals surface area (Å²) in [5, 5.41) is 0. The first-order valence-electron chi connectivity index (χ1n) is 9.33. The smallest absolute Gasteiger partial charge is 0.308 e. The van der Waals surface area contributed by atoms with Crippen LogP contribution in [0.25, 0.3) is 0 Å². The normalized spacial score (nSPS) is 20.9. The molecule has 3 unspecified atom stereocenters. The van der Waals surface area contributed by atoms with Gasteiger partial charge in [-0.15, -0.1) is 11.6 Å². The van der Waals surface area contributed by atoms with Crippen LogP contribution >= 0.6 is 11.6 Å². The Balaban J connectivity index is 2.11. The molecule has 0 aromatic heterocycles. The number of ether oxygens (including phenoxy) is 1. The Morgan fingerprint density at radius 2 is 1.79 bits per heavy atom. The van der Waals surface area contributed by atoms with Crippen molar-refractivity contribution in [3.8, 4) is 0 Å². The minimum Gasteiger partial charge on any atom is -0.466 e. The first-order valence-corrected chi connectivity index (χ1v) is 9.71. The van der Waals surface area contributed by atoms with Gasteiger partial charge in [-0.1, -0.05) is 57.4 Å². The molecule has 1 saturated carbocycles. The van der Waals surface area contributed by atoms with Gasteiger partial charge in [0.15, 0.2) is 0 Å². The van der Waals surface area contributed by atoms with Crippen molar-refractivity contribution >= 4 is 17.6 Å². The minimum atomic E-state index is -0.586. The van der Waals surface area contributed by atoms with Crippen LogP contribution in [0.2, 0.25) is 0 Å². The largest absolute Gasteiger partial charge is 0.466 e. The van der Waals surface area contributed by atoms with Crippen molar-refractivity contribution in [1.82, 2.24) is 0 Å². The summed E-state index contributed by atoms with van der Waals surface area (Å²) in [5.41, 5.74) is 2.50. The average Bonchev–Trinajstić information content (AvgIpc) is 2.61. The van der Waals surface area contributed by atoms with Crippen molar-refractivity contribution in [3.63, 3.8) is 0 Å². The third-order valence-electron chi connectivity index (χ3n) is 5.82. The quantitative estimate of drug-likeness (QED) is 0.463. The van der Waals surface area contributed by atoms with Crippen molar-refractivity contribution in [1.29, 1.82) is 0 Å². The van der Waals surface area contributed by atoms with Crippen molar-refractivity contribution < 1.29 is 9.53 Å². The molecule has 134 valence electrons. The monoisotopic (exact) mass is 350 g/mol. The van der Waals surface area contributed by atoms with E-state index in [0.29, 0.717) is 12.5 Å². The first kappa shape index (κ1) is 19.3. The highest BCUT2D eigenvalue weighted by atomic mass is 35.5. The van der Waals surface area contributed by atoms with Crippen LogP contribution in [-0.2, 0) is 14.4 Å². The standard InChI is InChI=1S/C21H31ClO2/c1-5-24-20(23)15(2)16(3)21(4,22)19-13-11-18(12-14-19)17-9-7-6-8-10-17/h11-17H,5-10H2,1-4H3. The molecule has 1 aliphatic carbocycles. The van der Waals surface area contributed by atoms with Crippen LogP contribution in [0.4, 0.5) is 0 Å². The molecule has 3 atom stereocenters. The molecule has 1 aromatic rings. The van der Waals surface area contributed by atoms with E-state index in [1.54, 1.807) is 0 Å². The van der Waals surface area contributed by atoms with Gasteiger partial charge in [-0.05, 0) is 49.7 Å². The number of hydrogen-bond acceptors (Lipinski definition) is 2. The molecular weight excluding hydrogens is 320 g/mol. The number of rotatable bonds is 6. The molecule has 0 amide bonds. The summed E-state index contributed by atoms with van der Waals surface area (Å²) in [6.45, 7) is 8.18. The first-order chi connectivity index (χ1) is 11.4. The predicted octanol–water partition coefficient (Wildman–Crippen LogP) is 6.02. The van der Waals surface area contributed by atoms with Gasteiger partial charge >= 0.3 is 5.97 Å². The summed E-state index contributed by atoms with van der Waals surface area (Å²) in [4.78, 5) is 11.5. The Labute approximate surface area is 151 Å². The molecule has 1 aliphatic rings.